The van der Waals surface area contributed by atoms with Crippen molar-refractivity contribution in [1.29, 1.82) is 0 Å². The summed E-state index contributed by atoms with van der Waals surface area (Å²) >= 11 is 5.05. The normalized spacial score (nSPS) is 10.6. The molecule has 0 bridgehead atoms. The minimum atomic E-state index is 0.990. The van der Waals surface area contributed by atoms with Gasteiger partial charge in [0.2, 0.25) is 0 Å². The molecule has 78 valence electrons. The second-order valence-corrected chi connectivity index (χ2v) is 5.17. The Hall–Kier alpha value is -0.810. The number of hydrogen-bond acceptors (Lipinski definition) is 3. The van der Waals surface area contributed by atoms with Crippen molar-refractivity contribution in [2.75, 3.05) is 0 Å². The standard InChI is InChI=1S/C10H10BrN3S/c1-7-3-10(12-5-9(7)11)15-8-4-13-14(2)6-8/h3-6H,1-2H3. The maximum atomic E-state index is 4.32. The van der Waals surface area contributed by atoms with Crippen molar-refractivity contribution in [3.05, 3.63) is 34.7 Å². The van der Waals surface area contributed by atoms with E-state index in [1.807, 2.05) is 25.6 Å². The molecule has 15 heavy (non-hydrogen) atoms. The van der Waals surface area contributed by atoms with E-state index in [0.717, 1.165) is 14.4 Å². The molecule has 3 nitrogen and oxygen atoms in total. The van der Waals surface area contributed by atoms with Gasteiger partial charge in [0.25, 0.3) is 0 Å². The fraction of sp³-hybridized carbons (Fsp3) is 0.200. The lowest BCUT2D eigenvalue weighted by molar-refractivity contribution is 0.766. The SMILES string of the molecule is Cc1cc(Sc2cnn(C)c2)ncc1Br. The summed E-state index contributed by atoms with van der Waals surface area (Å²) in [5, 5.41) is 5.10. The number of halogens is 1. The van der Waals surface area contributed by atoms with E-state index >= 15 is 0 Å². The molecule has 0 aliphatic heterocycles. The zero-order valence-electron chi connectivity index (χ0n) is 8.44. The molecule has 2 aromatic heterocycles. The first kappa shape index (κ1) is 10.7. The average molecular weight is 284 g/mol. The minimum Gasteiger partial charge on any atom is -0.275 e. The first-order chi connectivity index (χ1) is 7.15. The van der Waals surface area contributed by atoms with Crippen LogP contribution in [0.5, 0.6) is 0 Å². The van der Waals surface area contributed by atoms with Gasteiger partial charge in [-0.1, -0.05) is 11.8 Å². The molecular formula is C10H10BrN3S. The van der Waals surface area contributed by atoms with Crippen molar-refractivity contribution in [1.82, 2.24) is 14.8 Å². The summed E-state index contributed by atoms with van der Waals surface area (Å²) in [7, 11) is 1.91. The van der Waals surface area contributed by atoms with Crippen LogP contribution in [-0.2, 0) is 7.05 Å². The molecule has 2 heterocycles. The smallest absolute Gasteiger partial charge is 0.101 e. The number of rotatable bonds is 2. The van der Waals surface area contributed by atoms with Crippen molar-refractivity contribution in [2.24, 2.45) is 7.05 Å². The summed E-state index contributed by atoms with van der Waals surface area (Å²) in [4.78, 5) is 5.43. The fourth-order valence-electron chi connectivity index (χ4n) is 1.14. The molecule has 0 aliphatic carbocycles. The Labute approximate surface area is 101 Å². The van der Waals surface area contributed by atoms with Gasteiger partial charge in [0, 0.05) is 23.9 Å². The Morgan fingerprint density at radius 2 is 2.20 bits per heavy atom. The molecule has 0 saturated carbocycles. The van der Waals surface area contributed by atoms with E-state index in [2.05, 4.69) is 39.0 Å². The Bertz CT molecular complexity index is 481. The second kappa shape index (κ2) is 4.37. The number of nitrogens with zero attached hydrogens (tertiary/aromatic N) is 3. The quantitative estimate of drug-likeness (QED) is 0.849. The maximum absolute atomic E-state index is 4.32. The van der Waals surface area contributed by atoms with E-state index in [1.54, 1.807) is 16.4 Å². The van der Waals surface area contributed by atoms with Gasteiger partial charge in [-0.2, -0.15) is 5.10 Å². The Morgan fingerprint density at radius 1 is 1.40 bits per heavy atom. The van der Waals surface area contributed by atoms with Gasteiger partial charge in [-0.25, -0.2) is 4.98 Å². The molecule has 0 saturated heterocycles. The highest BCUT2D eigenvalue weighted by atomic mass is 79.9. The number of hydrogen-bond donors (Lipinski definition) is 0. The van der Waals surface area contributed by atoms with Gasteiger partial charge in [0.05, 0.1) is 11.1 Å². The Kier molecular flexibility index (Phi) is 3.11. The third-order valence-electron chi connectivity index (χ3n) is 1.93. The lowest BCUT2D eigenvalue weighted by atomic mass is 10.3. The van der Waals surface area contributed by atoms with Crippen LogP contribution >= 0.6 is 27.7 Å². The number of aryl methyl sites for hydroxylation is 2. The summed E-state index contributed by atoms with van der Waals surface area (Å²) in [5.74, 6) is 0. The maximum Gasteiger partial charge on any atom is 0.101 e. The van der Waals surface area contributed by atoms with Gasteiger partial charge in [0.1, 0.15) is 5.03 Å². The molecule has 0 radical (unpaired) electrons. The summed E-state index contributed by atoms with van der Waals surface area (Å²) in [6.45, 7) is 2.05. The fourth-order valence-corrected chi connectivity index (χ4v) is 2.25. The van der Waals surface area contributed by atoms with Crippen molar-refractivity contribution in [2.45, 2.75) is 16.8 Å². The molecule has 0 unspecified atom stereocenters. The van der Waals surface area contributed by atoms with Gasteiger partial charge in [-0.05, 0) is 34.5 Å². The van der Waals surface area contributed by atoms with E-state index in [-0.39, 0.29) is 0 Å². The molecule has 0 aliphatic rings. The Morgan fingerprint density at radius 3 is 2.80 bits per heavy atom. The molecule has 0 fully saturated rings. The number of pyridine rings is 1. The molecule has 0 amide bonds. The van der Waals surface area contributed by atoms with E-state index < -0.39 is 0 Å². The number of aromatic nitrogens is 3. The summed E-state index contributed by atoms with van der Waals surface area (Å²) in [6, 6.07) is 2.06. The van der Waals surface area contributed by atoms with Crippen LogP contribution in [0.3, 0.4) is 0 Å². The predicted molar refractivity (Wildman–Crippen MR) is 64.0 cm³/mol. The third kappa shape index (κ3) is 2.60. The van der Waals surface area contributed by atoms with Crippen LogP contribution < -0.4 is 0 Å². The van der Waals surface area contributed by atoms with Crippen LogP contribution in [0.1, 0.15) is 5.56 Å². The van der Waals surface area contributed by atoms with Crippen LogP contribution in [0.2, 0.25) is 0 Å². The molecule has 0 N–H and O–H groups in total. The average Bonchev–Trinajstić information content (AvgIpc) is 2.58. The highest BCUT2D eigenvalue weighted by Crippen LogP contribution is 2.27. The van der Waals surface area contributed by atoms with Gasteiger partial charge < -0.3 is 0 Å². The predicted octanol–water partition coefficient (Wildman–Crippen LogP) is 3.04. The van der Waals surface area contributed by atoms with Crippen LogP contribution in [0.15, 0.2) is 39.1 Å². The van der Waals surface area contributed by atoms with Crippen LogP contribution in [-0.4, -0.2) is 14.8 Å². The van der Waals surface area contributed by atoms with Crippen molar-refractivity contribution in [3.63, 3.8) is 0 Å². The van der Waals surface area contributed by atoms with Crippen molar-refractivity contribution in [3.8, 4) is 0 Å². The van der Waals surface area contributed by atoms with Crippen molar-refractivity contribution >= 4 is 27.7 Å². The van der Waals surface area contributed by atoms with Gasteiger partial charge in [0.15, 0.2) is 0 Å². The minimum absolute atomic E-state index is 0.990. The largest absolute Gasteiger partial charge is 0.275 e. The van der Waals surface area contributed by atoms with Gasteiger partial charge in [-0.3, -0.25) is 4.68 Å². The van der Waals surface area contributed by atoms with E-state index in [4.69, 9.17) is 0 Å². The summed E-state index contributed by atoms with van der Waals surface area (Å²) in [6.07, 6.45) is 5.64. The zero-order chi connectivity index (χ0) is 10.8. The molecule has 0 spiro atoms. The van der Waals surface area contributed by atoms with E-state index in [9.17, 15) is 0 Å². The van der Waals surface area contributed by atoms with Crippen molar-refractivity contribution < 1.29 is 0 Å². The lowest BCUT2D eigenvalue weighted by Crippen LogP contribution is -1.84. The van der Waals surface area contributed by atoms with Crippen LogP contribution in [0, 0.1) is 6.92 Å². The molecular weight excluding hydrogens is 274 g/mol. The molecule has 5 heteroatoms. The topological polar surface area (TPSA) is 30.7 Å². The summed E-state index contributed by atoms with van der Waals surface area (Å²) in [5.41, 5.74) is 1.19. The first-order valence-electron chi connectivity index (χ1n) is 4.44. The molecule has 2 rings (SSSR count). The zero-order valence-corrected chi connectivity index (χ0v) is 10.8. The van der Waals surface area contributed by atoms with Gasteiger partial charge >= 0.3 is 0 Å². The Balaban J connectivity index is 2.21. The highest BCUT2D eigenvalue weighted by molar-refractivity contribution is 9.10. The molecule has 0 aromatic carbocycles. The van der Waals surface area contributed by atoms with Gasteiger partial charge in [-0.15, -0.1) is 0 Å². The highest BCUT2D eigenvalue weighted by Gasteiger charge is 2.02. The molecule has 2 aromatic rings. The summed E-state index contributed by atoms with van der Waals surface area (Å²) < 4.78 is 2.83. The third-order valence-corrected chi connectivity index (χ3v) is 3.63. The van der Waals surface area contributed by atoms with E-state index in [0.29, 0.717) is 0 Å². The van der Waals surface area contributed by atoms with Crippen LogP contribution in [0.4, 0.5) is 0 Å². The lowest BCUT2D eigenvalue weighted by Gasteiger charge is -2.00. The first-order valence-corrected chi connectivity index (χ1v) is 6.05. The van der Waals surface area contributed by atoms with E-state index in [1.165, 1.54) is 5.56 Å². The second-order valence-electron chi connectivity index (χ2n) is 3.22. The monoisotopic (exact) mass is 283 g/mol. The molecule has 0 atom stereocenters. The van der Waals surface area contributed by atoms with Crippen LogP contribution in [0.25, 0.3) is 0 Å².